The van der Waals surface area contributed by atoms with Crippen LogP contribution in [0.1, 0.15) is 53.4 Å². The molecule has 142 valence electrons. The highest BCUT2D eigenvalue weighted by atomic mass is 32.2. The summed E-state index contributed by atoms with van der Waals surface area (Å²) in [7, 11) is -3.94. The summed E-state index contributed by atoms with van der Waals surface area (Å²) in [5.74, 6) is -0.592. The lowest BCUT2D eigenvalue weighted by atomic mass is 10.1. The Bertz CT molecular complexity index is 495. The summed E-state index contributed by atoms with van der Waals surface area (Å²) >= 11 is 0. The van der Waals surface area contributed by atoms with Gasteiger partial charge >= 0.3 is 5.97 Å². The molecule has 7 heteroatoms. The fraction of sp³-hybridized carbons (Fsp3) is 0.824. The van der Waals surface area contributed by atoms with Gasteiger partial charge in [-0.25, -0.2) is 4.79 Å². The molecular weight excluding hydrogens is 330 g/mol. The number of carbonyl (C=O) groups is 1. The van der Waals surface area contributed by atoms with Crippen LogP contribution in [-0.4, -0.2) is 61.5 Å². The Labute approximate surface area is 147 Å². The molecule has 0 heterocycles. The van der Waals surface area contributed by atoms with Gasteiger partial charge in [-0.1, -0.05) is 20.4 Å². The van der Waals surface area contributed by atoms with Crippen LogP contribution in [0.5, 0.6) is 0 Å². The predicted molar refractivity (Wildman–Crippen MR) is 96.3 cm³/mol. The van der Waals surface area contributed by atoms with E-state index < -0.39 is 10.1 Å². The van der Waals surface area contributed by atoms with Crippen molar-refractivity contribution in [3.8, 4) is 0 Å². The van der Waals surface area contributed by atoms with Crippen molar-refractivity contribution in [3.63, 3.8) is 0 Å². The second-order valence-electron chi connectivity index (χ2n) is 6.58. The van der Waals surface area contributed by atoms with E-state index in [1.165, 1.54) is 0 Å². The minimum atomic E-state index is -3.94. The zero-order valence-electron chi connectivity index (χ0n) is 15.6. The first kappa shape index (κ1) is 23.1. The maximum Gasteiger partial charge on any atom is 0.333 e. The normalized spacial score (nSPS) is 13.5. The Morgan fingerprint density at radius 2 is 1.75 bits per heavy atom. The molecule has 0 rings (SSSR count). The SMILES string of the molecule is C=C(C)C(=O)OCCC[N+](CCC)(CCC)C(C)CCS(=O)(=O)O. The van der Waals surface area contributed by atoms with Crippen molar-refractivity contribution >= 4 is 16.1 Å². The number of hydrogen-bond donors (Lipinski definition) is 1. The molecule has 0 bridgehead atoms. The summed E-state index contributed by atoms with van der Waals surface area (Å²) in [6, 6.07) is 0.115. The first-order chi connectivity index (χ1) is 11.1. The van der Waals surface area contributed by atoms with Gasteiger partial charge in [0.25, 0.3) is 10.1 Å². The molecule has 6 nitrogen and oxygen atoms in total. The number of esters is 1. The van der Waals surface area contributed by atoms with Gasteiger partial charge in [0.1, 0.15) is 0 Å². The van der Waals surface area contributed by atoms with E-state index >= 15 is 0 Å². The van der Waals surface area contributed by atoms with Gasteiger partial charge in [-0.15, -0.1) is 0 Å². The summed E-state index contributed by atoms with van der Waals surface area (Å²) < 4.78 is 37.1. The van der Waals surface area contributed by atoms with Crippen molar-refractivity contribution in [1.29, 1.82) is 0 Å². The van der Waals surface area contributed by atoms with Crippen LogP contribution in [0.25, 0.3) is 0 Å². The monoisotopic (exact) mass is 364 g/mol. The van der Waals surface area contributed by atoms with Crippen molar-refractivity contribution < 1.29 is 27.0 Å². The largest absolute Gasteiger partial charge is 0.462 e. The standard InChI is InChI=1S/C17H33NO5S/c1-6-10-18(11-7-2,16(5)9-14-24(20,21)22)12-8-13-23-17(19)15(3)4/h16H,3,6-14H2,1-2,4-5H3/p+1. The number of hydrogen-bond acceptors (Lipinski definition) is 4. The quantitative estimate of drug-likeness (QED) is 0.179. The van der Waals surface area contributed by atoms with Crippen molar-refractivity contribution in [2.24, 2.45) is 0 Å². The first-order valence-electron chi connectivity index (χ1n) is 8.71. The number of nitrogens with zero attached hydrogens (tertiary/aromatic N) is 1. The van der Waals surface area contributed by atoms with Crippen molar-refractivity contribution in [2.45, 2.75) is 59.4 Å². The van der Waals surface area contributed by atoms with E-state index in [0.717, 1.165) is 43.4 Å². The van der Waals surface area contributed by atoms with Crippen molar-refractivity contribution in [1.82, 2.24) is 0 Å². The lowest BCUT2D eigenvalue weighted by Gasteiger charge is -2.44. The highest BCUT2D eigenvalue weighted by molar-refractivity contribution is 7.85. The van der Waals surface area contributed by atoms with Crippen LogP contribution in [-0.2, 0) is 19.6 Å². The minimum absolute atomic E-state index is 0.115. The van der Waals surface area contributed by atoms with Crippen LogP contribution in [0.4, 0.5) is 0 Å². The predicted octanol–water partition coefficient (Wildman–Crippen LogP) is 2.80. The third-order valence-electron chi connectivity index (χ3n) is 4.40. The molecule has 1 unspecified atom stereocenters. The molecule has 24 heavy (non-hydrogen) atoms. The Balaban J connectivity index is 4.85. The van der Waals surface area contributed by atoms with E-state index in [2.05, 4.69) is 20.4 Å². The minimum Gasteiger partial charge on any atom is -0.462 e. The summed E-state index contributed by atoms with van der Waals surface area (Å²) in [6.45, 7) is 14.5. The van der Waals surface area contributed by atoms with Gasteiger partial charge in [0.05, 0.1) is 38.0 Å². The molecule has 1 atom stereocenters. The van der Waals surface area contributed by atoms with E-state index in [4.69, 9.17) is 9.29 Å². The van der Waals surface area contributed by atoms with Crippen LogP contribution in [0.3, 0.4) is 0 Å². The Morgan fingerprint density at radius 3 is 2.17 bits per heavy atom. The molecule has 0 fully saturated rings. The fourth-order valence-corrected chi connectivity index (χ4v) is 3.79. The molecular formula is C17H34NO5S+. The van der Waals surface area contributed by atoms with E-state index in [9.17, 15) is 13.2 Å². The van der Waals surface area contributed by atoms with Crippen molar-refractivity contribution in [3.05, 3.63) is 12.2 Å². The van der Waals surface area contributed by atoms with E-state index in [1.54, 1.807) is 6.92 Å². The summed E-state index contributed by atoms with van der Waals surface area (Å²) in [5.41, 5.74) is 0.388. The third kappa shape index (κ3) is 8.80. The molecule has 0 amide bonds. The van der Waals surface area contributed by atoms with Crippen molar-refractivity contribution in [2.75, 3.05) is 32.0 Å². The number of carbonyl (C=O) groups excluding carboxylic acids is 1. The van der Waals surface area contributed by atoms with Gasteiger partial charge in [-0.3, -0.25) is 4.55 Å². The summed E-state index contributed by atoms with van der Waals surface area (Å²) in [5, 5.41) is 0. The Hall–Kier alpha value is -0.920. The van der Waals surface area contributed by atoms with Gasteiger partial charge in [0.15, 0.2) is 0 Å². The van der Waals surface area contributed by atoms with Crippen LogP contribution in [0, 0.1) is 0 Å². The molecule has 1 N–H and O–H groups in total. The summed E-state index contributed by atoms with van der Waals surface area (Å²) in [4.78, 5) is 11.4. The molecule has 0 aliphatic rings. The van der Waals surface area contributed by atoms with E-state index in [0.29, 0.717) is 18.6 Å². The zero-order chi connectivity index (χ0) is 18.8. The van der Waals surface area contributed by atoms with E-state index in [1.807, 2.05) is 6.92 Å². The number of ether oxygens (including phenoxy) is 1. The number of quaternary nitrogens is 1. The maximum atomic E-state index is 11.4. The Kier molecular flexibility index (Phi) is 10.4. The van der Waals surface area contributed by atoms with E-state index in [-0.39, 0.29) is 17.8 Å². The van der Waals surface area contributed by atoms with Gasteiger partial charge in [0.2, 0.25) is 0 Å². The van der Waals surface area contributed by atoms with Gasteiger partial charge in [0, 0.05) is 18.4 Å². The topological polar surface area (TPSA) is 80.7 Å². The fourth-order valence-electron chi connectivity index (χ4n) is 3.15. The summed E-state index contributed by atoms with van der Waals surface area (Å²) in [6.07, 6.45) is 3.11. The molecule has 0 aromatic carbocycles. The molecule has 0 saturated heterocycles. The third-order valence-corrected chi connectivity index (χ3v) is 5.15. The second kappa shape index (κ2) is 10.8. The van der Waals surface area contributed by atoms with Gasteiger partial charge in [-0.2, -0.15) is 8.42 Å². The lowest BCUT2D eigenvalue weighted by molar-refractivity contribution is -0.950. The molecule has 0 aliphatic carbocycles. The zero-order valence-corrected chi connectivity index (χ0v) is 16.4. The van der Waals surface area contributed by atoms with Crippen LogP contribution in [0.2, 0.25) is 0 Å². The highest BCUT2D eigenvalue weighted by Gasteiger charge is 2.32. The average Bonchev–Trinajstić information content (AvgIpc) is 2.48. The van der Waals surface area contributed by atoms with Gasteiger partial charge in [-0.05, 0) is 26.7 Å². The highest BCUT2D eigenvalue weighted by Crippen LogP contribution is 2.21. The first-order valence-corrected chi connectivity index (χ1v) is 10.3. The van der Waals surface area contributed by atoms with Crippen LogP contribution < -0.4 is 0 Å². The van der Waals surface area contributed by atoms with Crippen LogP contribution in [0.15, 0.2) is 12.2 Å². The second-order valence-corrected chi connectivity index (χ2v) is 8.15. The van der Waals surface area contributed by atoms with Crippen LogP contribution >= 0.6 is 0 Å². The molecule has 0 aliphatic heterocycles. The Morgan fingerprint density at radius 1 is 1.21 bits per heavy atom. The van der Waals surface area contributed by atoms with Gasteiger partial charge < -0.3 is 9.22 Å². The molecule has 0 saturated carbocycles. The maximum absolute atomic E-state index is 11.4. The average molecular weight is 365 g/mol. The molecule has 0 radical (unpaired) electrons. The number of rotatable bonds is 13. The molecule has 0 aromatic rings. The smallest absolute Gasteiger partial charge is 0.333 e. The molecule has 0 aromatic heterocycles. The molecule has 0 spiro atoms. The lowest BCUT2D eigenvalue weighted by Crippen LogP contribution is -2.56.